The zero-order valence-electron chi connectivity index (χ0n) is 45.8. The highest BCUT2D eigenvalue weighted by Crippen LogP contribution is 2.38. The van der Waals surface area contributed by atoms with Gasteiger partial charge in [0.1, 0.15) is 40.8 Å². The first-order valence-electron chi connectivity index (χ1n) is 25.4. The Morgan fingerprint density at radius 3 is 1.22 bits per heavy atom. The number of hydrogen-bond acceptors (Lipinski definition) is 16. The van der Waals surface area contributed by atoms with Gasteiger partial charge >= 0.3 is 18.3 Å². The molecule has 0 atom stereocenters. The lowest BCUT2D eigenvalue weighted by Crippen LogP contribution is -2.42. The number of ether oxygens (including phenoxy) is 3. The number of nitrogens with one attached hydrogen (secondary N) is 1. The highest BCUT2D eigenvalue weighted by molar-refractivity contribution is 6.65. The van der Waals surface area contributed by atoms with E-state index in [0.717, 1.165) is 65.1 Å². The van der Waals surface area contributed by atoms with Gasteiger partial charge < -0.3 is 53.0 Å². The highest BCUT2D eigenvalue weighted by atomic mass is 35.5. The summed E-state index contributed by atoms with van der Waals surface area (Å²) in [7, 11) is 0. The largest absolute Gasteiger partial charge is 0.444 e. The van der Waals surface area contributed by atoms with Gasteiger partial charge in [-0.2, -0.15) is 0 Å². The number of carbonyl (C=O) groups excluding carboxylic acids is 4. The summed E-state index contributed by atoms with van der Waals surface area (Å²) < 4.78 is 83.7. The van der Waals surface area contributed by atoms with Crippen LogP contribution < -0.4 is 5.32 Å². The number of amides is 3. The molecule has 19 nitrogen and oxygen atoms in total. The summed E-state index contributed by atoms with van der Waals surface area (Å²) in [4.78, 5) is 52.2. The SMILES string of the molecule is CC(=O)c1conc1C1CCN(C(=O)OC(C)(C)C)CC1.CC(C)(C)OC(=O)N1CCC(/C(Cl)=N/O)CC1.CC(C)(C)OC(=O)N1CCC(c2nocc2C(C)(F)F)CC1.CC(F)(F)c1conc1C1CCNCC1.Cl. The molecule has 4 fully saturated rings. The lowest BCUT2D eigenvalue weighted by molar-refractivity contribution is 0.0131. The Balaban J connectivity index is 0.000000268. The molecule has 0 unspecified atom stereocenters. The van der Waals surface area contributed by atoms with E-state index in [-0.39, 0.29) is 76.4 Å². The zero-order valence-corrected chi connectivity index (χ0v) is 47.4. The van der Waals surface area contributed by atoms with E-state index in [9.17, 15) is 36.7 Å². The molecule has 4 aliphatic heterocycles. The third-order valence-electron chi connectivity index (χ3n) is 12.5. The molecule has 0 spiro atoms. The first-order valence-corrected chi connectivity index (χ1v) is 25.8. The van der Waals surface area contributed by atoms with E-state index < -0.39 is 28.6 Å². The molecule has 4 aliphatic rings. The van der Waals surface area contributed by atoms with Crippen LogP contribution in [0, 0.1) is 5.92 Å². The number of rotatable bonds is 7. The maximum atomic E-state index is 13.5. The van der Waals surface area contributed by atoms with Gasteiger partial charge in [-0.3, -0.25) is 4.79 Å². The van der Waals surface area contributed by atoms with Crippen LogP contribution in [-0.4, -0.2) is 134 Å². The quantitative estimate of drug-likeness (QED) is 0.0560. The van der Waals surface area contributed by atoms with Gasteiger partial charge in [-0.25, -0.2) is 31.9 Å². The van der Waals surface area contributed by atoms with Crippen molar-refractivity contribution in [2.24, 2.45) is 11.1 Å². The standard InChI is InChI=1S/C15H22F2N2O3.C15H22N2O4.C11H19ClN2O3.C10H14F2N2O.ClH/c1-14(2,3)22-13(20)19-7-5-10(6-8-19)12-11(9-21-18-12)15(4,16)17;1-10(18)12-9-20-16-13(12)11-5-7-17(8-6-11)14(19)21-15(2,3)4;1-11(2,3)17-10(15)14-6-4-8(5-7-14)9(12)13-16;1-10(11,12)8-6-15-14-9(8)7-2-4-13-5-3-7;/h9-10H,5-8H2,1-4H3;9,11H,5-8H2,1-4H3;8,16H,4-7H2,1-3H3;6-7,13H,2-5H2,1H3;1H/b;;13-9-;;. The fraction of sp³-hybridized carbons (Fsp3) is 0.725. The fourth-order valence-electron chi connectivity index (χ4n) is 8.67. The van der Waals surface area contributed by atoms with Crippen molar-refractivity contribution < 1.29 is 69.7 Å². The van der Waals surface area contributed by atoms with E-state index >= 15 is 0 Å². The van der Waals surface area contributed by atoms with Crippen molar-refractivity contribution in [3.8, 4) is 0 Å². The molecule has 3 aromatic heterocycles. The predicted molar refractivity (Wildman–Crippen MR) is 276 cm³/mol. The second kappa shape index (κ2) is 27.9. The Bertz CT molecular complexity index is 2320. The number of Topliss-reactive ketones (excluding diaryl/α,β-unsaturated/α-hetero) is 1. The summed E-state index contributed by atoms with van der Waals surface area (Å²) in [5.74, 6) is -5.70. The maximum absolute atomic E-state index is 13.5. The number of likely N-dealkylation sites (tertiary alicyclic amines) is 3. The molecule has 0 aliphatic carbocycles. The molecule has 430 valence electrons. The molecule has 0 aromatic carbocycles. The van der Waals surface area contributed by atoms with Crippen molar-refractivity contribution in [1.82, 2.24) is 35.5 Å². The summed E-state index contributed by atoms with van der Waals surface area (Å²) in [6, 6.07) is 0. The summed E-state index contributed by atoms with van der Waals surface area (Å²) in [5.41, 5.74) is 0.271. The Kier molecular flexibility index (Phi) is 23.9. The van der Waals surface area contributed by atoms with Gasteiger partial charge in [0.05, 0.1) is 33.8 Å². The molecule has 7 rings (SSSR count). The number of hydrogen-bond donors (Lipinski definition) is 2. The summed E-state index contributed by atoms with van der Waals surface area (Å²) in [5, 5.41) is 26.4. The van der Waals surface area contributed by atoms with Crippen LogP contribution in [-0.2, 0) is 26.1 Å². The highest BCUT2D eigenvalue weighted by Gasteiger charge is 2.38. The van der Waals surface area contributed by atoms with Gasteiger partial charge in [0.15, 0.2) is 5.78 Å². The Hall–Kier alpha value is -5.16. The van der Waals surface area contributed by atoms with Gasteiger partial charge in [0, 0.05) is 76.8 Å². The number of nitrogens with zero attached hydrogens (tertiary/aromatic N) is 7. The van der Waals surface area contributed by atoms with E-state index in [0.29, 0.717) is 87.6 Å². The number of alkyl halides is 4. The predicted octanol–water partition coefficient (Wildman–Crippen LogP) is 12.2. The number of aromatic nitrogens is 3. The average molecular weight is 1130 g/mol. The molecule has 76 heavy (non-hydrogen) atoms. The molecule has 3 amide bonds. The van der Waals surface area contributed by atoms with Crippen molar-refractivity contribution >= 4 is 53.2 Å². The normalized spacial score (nSPS) is 17.9. The van der Waals surface area contributed by atoms with Gasteiger partial charge in [0.25, 0.3) is 11.8 Å². The monoisotopic (exact) mass is 1120 g/mol. The van der Waals surface area contributed by atoms with Crippen LogP contribution in [0.5, 0.6) is 0 Å². The fourth-order valence-corrected chi connectivity index (χ4v) is 8.89. The van der Waals surface area contributed by atoms with Gasteiger partial charge in [-0.1, -0.05) is 32.2 Å². The number of halogens is 6. The van der Waals surface area contributed by atoms with E-state index in [2.05, 4.69) is 30.5 Å². The Morgan fingerprint density at radius 1 is 0.579 bits per heavy atom. The lowest BCUT2D eigenvalue weighted by Gasteiger charge is -2.33. The molecule has 3 aromatic rings. The van der Waals surface area contributed by atoms with Crippen molar-refractivity contribution in [2.45, 2.75) is 181 Å². The topological polar surface area (TPSA) is 228 Å². The van der Waals surface area contributed by atoms with Crippen LogP contribution in [0.4, 0.5) is 31.9 Å². The number of oxime groups is 1. The number of carbonyl (C=O) groups is 4. The molecule has 0 radical (unpaired) electrons. The van der Waals surface area contributed by atoms with Crippen LogP contribution in [0.1, 0.15) is 191 Å². The third kappa shape index (κ3) is 20.7. The Labute approximate surface area is 453 Å². The summed E-state index contributed by atoms with van der Waals surface area (Å²) in [6.45, 7) is 24.7. The molecule has 25 heteroatoms. The Morgan fingerprint density at radius 2 is 0.895 bits per heavy atom. The van der Waals surface area contributed by atoms with Gasteiger partial charge in [0.2, 0.25) is 0 Å². The number of piperidine rings is 4. The summed E-state index contributed by atoms with van der Waals surface area (Å²) in [6.07, 6.45) is 8.25. The van der Waals surface area contributed by atoms with Crippen LogP contribution >= 0.6 is 24.0 Å². The number of ketones is 1. The molecule has 4 saturated heterocycles. The zero-order chi connectivity index (χ0) is 56.1. The first kappa shape index (κ1) is 65.1. The van der Waals surface area contributed by atoms with E-state index in [1.165, 1.54) is 13.2 Å². The van der Waals surface area contributed by atoms with Crippen molar-refractivity contribution in [3.63, 3.8) is 0 Å². The van der Waals surface area contributed by atoms with Crippen molar-refractivity contribution in [2.75, 3.05) is 52.4 Å². The van der Waals surface area contributed by atoms with E-state index in [4.69, 9.17) is 40.1 Å². The van der Waals surface area contributed by atoms with Gasteiger partial charge in [-0.15, -0.1) is 12.4 Å². The van der Waals surface area contributed by atoms with Crippen LogP contribution in [0.2, 0.25) is 0 Å². The molecule has 0 saturated carbocycles. The second-order valence-corrected chi connectivity index (χ2v) is 22.7. The van der Waals surface area contributed by atoms with E-state index in [1.54, 1.807) is 14.7 Å². The molecular formula is C51H78Cl2F4N8O11. The summed E-state index contributed by atoms with van der Waals surface area (Å²) >= 11 is 5.74. The van der Waals surface area contributed by atoms with Crippen molar-refractivity contribution in [3.05, 3.63) is 52.6 Å². The molecule has 0 bridgehead atoms. The minimum absolute atomic E-state index is 0. The smallest absolute Gasteiger partial charge is 0.410 e. The van der Waals surface area contributed by atoms with Crippen molar-refractivity contribution in [1.29, 1.82) is 0 Å². The molecule has 7 heterocycles. The average Bonchev–Trinajstić information content (AvgIpc) is 4.14. The van der Waals surface area contributed by atoms with Gasteiger partial charge in [-0.05, 0) is 134 Å². The van der Waals surface area contributed by atoms with Crippen LogP contribution in [0.25, 0.3) is 0 Å². The molecule has 2 N–H and O–H groups in total. The minimum atomic E-state index is -2.97. The first-order chi connectivity index (χ1) is 34.8. The lowest BCUT2D eigenvalue weighted by atomic mass is 9.90. The minimum Gasteiger partial charge on any atom is -0.444 e. The molecular weight excluding hydrogens is 1050 g/mol. The maximum Gasteiger partial charge on any atom is 0.410 e. The third-order valence-corrected chi connectivity index (χ3v) is 12.9. The van der Waals surface area contributed by atoms with E-state index in [1.807, 2.05) is 62.3 Å². The van der Waals surface area contributed by atoms with Crippen LogP contribution in [0.15, 0.2) is 37.5 Å². The second-order valence-electron chi connectivity index (χ2n) is 22.3. The van der Waals surface area contributed by atoms with Crippen LogP contribution in [0.3, 0.4) is 0 Å².